The highest BCUT2D eigenvalue weighted by molar-refractivity contribution is 5.58. The van der Waals surface area contributed by atoms with Crippen molar-refractivity contribution in [1.82, 2.24) is 4.98 Å². The molecule has 5 nitrogen and oxygen atoms in total. The van der Waals surface area contributed by atoms with Crippen molar-refractivity contribution in [3.63, 3.8) is 0 Å². The SMILES string of the molecule is Cc1nc(-c2ccc(Cc3ccc(CCC(N)(CO)CO)cc3)cc2)co1. The molecule has 5 heteroatoms. The summed E-state index contributed by atoms with van der Waals surface area (Å²) in [4.78, 5) is 4.34. The van der Waals surface area contributed by atoms with Gasteiger partial charge in [0.15, 0.2) is 5.89 Å². The third-order valence-corrected chi connectivity index (χ3v) is 4.84. The van der Waals surface area contributed by atoms with Crippen LogP contribution in [0.3, 0.4) is 0 Å². The Morgan fingerprint density at radius 3 is 2.00 bits per heavy atom. The minimum Gasteiger partial charge on any atom is -0.449 e. The van der Waals surface area contributed by atoms with E-state index in [1.54, 1.807) is 6.26 Å². The van der Waals surface area contributed by atoms with E-state index in [9.17, 15) is 10.2 Å². The van der Waals surface area contributed by atoms with Crippen LogP contribution in [0.25, 0.3) is 11.3 Å². The first-order valence-corrected chi connectivity index (χ1v) is 9.11. The Morgan fingerprint density at radius 1 is 0.926 bits per heavy atom. The zero-order chi connectivity index (χ0) is 19.3. The lowest BCUT2D eigenvalue weighted by molar-refractivity contribution is 0.115. The number of hydrogen-bond donors (Lipinski definition) is 3. The van der Waals surface area contributed by atoms with E-state index in [1.807, 2.05) is 6.92 Å². The van der Waals surface area contributed by atoms with Crippen LogP contribution in [-0.4, -0.2) is 33.9 Å². The summed E-state index contributed by atoms with van der Waals surface area (Å²) in [5.74, 6) is 0.666. The van der Waals surface area contributed by atoms with Crippen molar-refractivity contribution < 1.29 is 14.6 Å². The van der Waals surface area contributed by atoms with E-state index in [0.717, 1.165) is 29.7 Å². The van der Waals surface area contributed by atoms with Gasteiger partial charge in [-0.2, -0.15) is 0 Å². The van der Waals surface area contributed by atoms with Crippen molar-refractivity contribution >= 4 is 0 Å². The number of aryl methyl sites for hydroxylation is 2. The maximum atomic E-state index is 9.27. The smallest absolute Gasteiger partial charge is 0.191 e. The topological polar surface area (TPSA) is 92.5 Å². The summed E-state index contributed by atoms with van der Waals surface area (Å²) in [5, 5.41) is 18.5. The van der Waals surface area contributed by atoms with Crippen LogP contribution < -0.4 is 5.73 Å². The first kappa shape index (κ1) is 19.3. The number of rotatable bonds is 8. The highest BCUT2D eigenvalue weighted by Crippen LogP contribution is 2.20. The van der Waals surface area contributed by atoms with Crippen LogP contribution in [-0.2, 0) is 12.8 Å². The standard InChI is InChI=1S/C22H26N2O3/c1-16-24-21(13-27-16)20-8-6-19(7-9-20)12-18-4-2-17(3-5-18)10-11-22(23,14-25)15-26/h2-9,13,25-26H,10-12,14-15,23H2,1H3. The quantitative estimate of drug-likeness (QED) is 0.570. The molecule has 0 aliphatic carbocycles. The molecule has 1 aromatic heterocycles. The molecule has 0 fully saturated rings. The Hall–Kier alpha value is -2.47. The second-order valence-electron chi connectivity index (χ2n) is 7.12. The number of nitrogens with zero attached hydrogens (tertiary/aromatic N) is 1. The van der Waals surface area contributed by atoms with Gasteiger partial charge in [-0.15, -0.1) is 0 Å². The lowest BCUT2D eigenvalue weighted by Crippen LogP contribution is -2.47. The summed E-state index contributed by atoms with van der Waals surface area (Å²) in [6, 6.07) is 16.7. The van der Waals surface area contributed by atoms with E-state index in [-0.39, 0.29) is 13.2 Å². The van der Waals surface area contributed by atoms with Crippen LogP contribution in [0.4, 0.5) is 0 Å². The molecule has 0 amide bonds. The molecular weight excluding hydrogens is 340 g/mol. The summed E-state index contributed by atoms with van der Waals surface area (Å²) >= 11 is 0. The van der Waals surface area contributed by atoms with Gasteiger partial charge in [-0.1, -0.05) is 48.5 Å². The van der Waals surface area contributed by atoms with E-state index in [0.29, 0.717) is 12.3 Å². The number of nitrogens with two attached hydrogens (primary N) is 1. The van der Waals surface area contributed by atoms with E-state index >= 15 is 0 Å². The first-order valence-electron chi connectivity index (χ1n) is 9.11. The molecule has 3 aromatic rings. The minimum atomic E-state index is -0.914. The van der Waals surface area contributed by atoms with Gasteiger partial charge in [-0.3, -0.25) is 0 Å². The van der Waals surface area contributed by atoms with Crippen molar-refractivity contribution in [1.29, 1.82) is 0 Å². The highest BCUT2D eigenvalue weighted by Gasteiger charge is 2.22. The number of aliphatic hydroxyl groups is 2. The zero-order valence-electron chi connectivity index (χ0n) is 15.6. The molecule has 2 aromatic carbocycles. The van der Waals surface area contributed by atoms with Crippen LogP contribution in [0, 0.1) is 6.92 Å². The van der Waals surface area contributed by atoms with Gasteiger partial charge in [-0.05, 0) is 36.0 Å². The summed E-state index contributed by atoms with van der Waals surface area (Å²) in [7, 11) is 0. The summed E-state index contributed by atoms with van der Waals surface area (Å²) in [5.41, 5.74) is 10.5. The molecule has 0 saturated heterocycles. The number of aliphatic hydroxyl groups excluding tert-OH is 2. The fourth-order valence-corrected chi connectivity index (χ4v) is 2.95. The van der Waals surface area contributed by atoms with Crippen LogP contribution >= 0.6 is 0 Å². The van der Waals surface area contributed by atoms with Crippen LogP contribution in [0.2, 0.25) is 0 Å². The summed E-state index contributed by atoms with van der Waals surface area (Å²) in [6.45, 7) is 1.40. The molecule has 0 unspecified atom stereocenters. The largest absolute Gasteiger partial charge is 0.449 e. The molecule has 0 radical (unpaired) electrons. The van der Waals surface area contributed by atoms with Crippen molar-refractivity contribution in [3.8, 4) is 11.3 Å². The Bertz CT molecular complexity index is 850. The molecule has 0 aliphatic rings. The number of benzene rings is 2. The molecule has 0 saturated carbocycles. The molecule has 142 valence electrons. The van der Waals surface area contributed by atoms with Crippen molar-refractivity contribution in [3.05, 3.63) is 77.4 Å². The van der Waals surface area contributed by atoms with Gasteiger partial charge in [-0.25, -0.2) is 4.98 Å². The third kappa shape index (κ3) is 5.04. The average Bonchev–Trinajstić information content (AvgIpc) is 3.14. The van der Waals surface area contributed by atoms with Crippen molar-refractivity contribution in [2.75, 3.05) is 13.2 Å². The average molecular weight is 366 g/mol. The normalized spacial score (nSPS) is 11.7. The predicted octanol–water partition coefficient (Wildman–Crippen LogP) is 2.86. The summed E-state index contributed by atoms with van der Waals surface area (Å²) in [6.07, 6.45) is 3.80. The summed E-state index contributed by atoms with van der Waals surface area (Å²) < 4.78 is 5.26. The second-order valence-corrected chi connectivity index (χ2v) is 7.12. The maximum absolute atomic E-state index is 9.27. The fourth-order valence-electron chi connectivity index (χ4n) is 2.95. The van der Waals surface area contributed by atoms with Gasteiger partial charge in [0.25, 0.3) is 0 Å². The van der Waals surface area contributed by atoms with Gasteiger partial charge >= 0.3 is 0 Å². The molecule has 0 bridgehead atoms. The number of hydrogen-bond acceptors (Lipinski definition) is 5. The van der Waals surface area contributed by atoms with E-state index in [4.69, 9.17) is 10.2 Å². The molecule has 1 heterocycles. The van der Waals surface area contributed by atoms with Crippen LogP contribution in [0.5, 0.6) is 0 Å². The first-order chi connectivity index (χ1) is 13.0. The van der Waals surface area contributed by atoms with Gasteiger partial charge in [0.1, 0.15) is 12.0 Å². The molecule has 0 atom stereocenters. The van der Waals surface area contributed by atoms with Crippen molar-refractivity contribution in [2.45, 2.75) is 31.7 Å². The van der Waals surface area contributed by atoms with Crippen LogP contribution in [0.1, 0.15) is 29.0 Å². The molecule has 3 rings (SSSR count). The molecule has 4 N–H and O–H groups in total. The third-order valence-electron chi connectivity index (χ3n) is 4.84. The minimum absolute atomic E-state index is 0.217. The number of aromatic nitrogens is 1. The van der Waals surface area contributed by atoms with Crippen LogP contribution in [0.15, 0.2) is 59.2 Å². The van der Waals surface area contributed by atoms with Gasteiger partial charge in [0, 0.05) is 12.5 Å². The Morgan fingerprint density at radius 2 is 1.48 bits per heavy atom. The molecule has 0 aliphatic heterocycles. The van der Waals surface area contributed by atoms with Gasteiger partial charge in [0.2, 0.25) is 0 Å². The van der Waals surface area contributed by atoms with E-state index in [2.05, 4.69) is 53.5 Å². The van der Waals surface area contributed by atoms with E-state index in [1.165, 1.54) is 11.1 Å². The molecule has 27 heavy (non-hydrogen) atoms. The fraction of sp³-hybridized carbons (Fsp3) is 0.318. The maximum Gasteiger partial charge on any atom is 0.191 e. The Kier molecular flexibility index (Phi) is 6.06. The lowest BCUT2D eigenvalue weighted by atomic mass is 9.93. The Balaban J connectivity index is 1.59. The highest BCUT2D eigenvalue weighted by atomic mass is 16.3. The monoisotopic (exact) mass is 366 g/mol. The van der Waals surface area contributed by atoms with Gasteiger partial charge < -0.3 is 20.4 Å². The number of oxazole rings is 1. The molecule has 0 spiro atoms. The zero-order valence-corrected chi connectivity index (χ0v) is 15.6. The lowest BCUT2D eigenvalue weighted by Gasteiger charge is -2.24. The van der Waals surface area contributed by atoms with E-state index < -0.39 is 5.54 Å². The predicted molar refractivity (Wildman–Crippen MR) is 105 cm³/mol. The van der Waals surface area contributed by atoms with Crippen molar-refractivity contribution in [2.24, 2.45) is 5.73 Å². The molecular formula is C22H26N2O3. The second kappa shape index (κ2) is 8.48. The Labute approximate surface area is 159 Å². The van der Waals surface area contributed by atoms with Gasteiger partial charge in [0.05, 0.1) is 18.8 Å².